The van der Waals surface area contributed by atoms with Crippen molar-refractivity contribution in [1.82, 2.24) is 0 Å². The summed E-state index contributed by atoms with van der Waals surface area (Å²) in [4.78, 5) is 22.8. The first kappa shape index (κ1) is 17.4. The summed E-state index contributed by atoms with van der Waals surface area (Å²) in [6.07, 6.45) is 9.29. The third kappa shape index (κ3) is 7.23. The molecule has 0 bridgehead atoms. The number of carbonyl (C=O) groups excluding carboxylic acids is 2. The average molecular weight is 329 g/mol. The molecule has 2 rings (SSSR count). The second-order valence-corrected chi connectivity index (χ2v) is 8.81. The van der Waals surface area contributed by atoms with Crippen LogP contribution in [0.3, 0.4) is 0 Å². The summed E-state index contributed by atoms with van der Waals surface area (Å²) in [6.45, 7) is 0. The lowest BCUT2D eigenvalue weighted by atomic mass is 9.90. The van der Waals surface area contributed by atoms with Crippen molar-refractivity contribution >= 4 is 35.1 Å². The van der Waals surface area contributed by atoms with Crippen molar-refractivity contribution in [3.05, 3.63) is 0 Å². The summed E-state index contributed by atoms with van der Waals surface area (Å²) in [6, 6.07) is 0. The van der Waals surface area contributed by atoms with E-state index >= 15 is 0 Å². The zero-order valence-corrected chi connectivity index (χ0v) is 14.6. The molecule has 2 atom stereocenters. The molecule has 0 N–H and O–H groups in total. The summed E-state index contributed by atoms with van der Waals surface area (Å²) in [7, 11) is 0. The summed E-state index contributed by atoms with van der Waals surface area (Å²) < 4.78 is 0. The lowest BCUT2D eigenvalue weighted by Gasteiger charge is -2.20. The molecule has 4 heteroatoms. The average Bonchev–Trinajstić information content (AvgIpc) is 2.46. The van der Waals surface area contributed by atoms with E-state index in [-0.39, 0.29) is 0 Å². The van der Waals surface area contributed by atoms with Gasteiger partial charge in [-0.1, -0.05) is 0 Å². The minimum atomic E-state index is 0.476. The normalized spacial score (nSPS) is 27.0. The van der Waals surface area contributed by atoms with E-state index < -0.39 is 0 Å². The lowest BCUT2D eigenvalue weighted by molar-refractivity contribution is -0.122. The van der Waals surface area contributed by atoms with Crippen LogP contribution in [0, 0.1) is 11.8 Å². The Labute approximate surface area is 137 Å². The fourth-order valence-electron chi connectivity index (χ4n) is 3.28. The van der Waals surface area contributed by atoms with E-state index in [0.717, 1.165) is 38.5 Å². The van der Waals surface area contributed by atoms with Crippen molar-refractivity contribution < 1.29 is 9.59 Å². The van der Waals surface area contributed by atoms with Crippen LogP contribution in [0.2, 0.25) is 0 Å². The highest BCUT2D eigenvalue weighted by Gasteiger charge is 2.20. The Morgan fingerprint density at radius 1 is 0.810 bits per heavy atom. The molecule has 2 nitrogen and oxygen atoms in total. The number of carbonyl (C=O) groups is 2. The third-order valence-corrected chi connectivity index (χ3v) is 7.02. The molecule has 0 aromatic heterocycles. The van der Waals surface area contributed by atoms with Gasteiger partial charge >= 0.3 is 0 Å². The summed E-state index contributed by atoms with van der Waals surface area (Å²) in [5.41, 5.74) is 0. The number of thioether (sulfide) groups is 2. The Balaban J connectivity index is 1.41. The molecule has 0 aromatic carbocycles. The van der Waals surface area contributed by atoms with E-state index in [9.17, 15) is 9.59 Å². The van der Waals surface area contributed by atoms with Crippen molar-refractivity contribution in [3.63, 3.8) is 0 Å². The molecular formula is C17H28O2S2. The van der Waals surface area contributed by atoms with Crippen LogP contribution >= 0.6 is 23.5 Å². The molecule has 0 aliphatic heterocycles. The Morgan fingerprint density at radius 2 is 1.29 bits per heavy atom. The predicted molar refractivity (Wildman–Crippen MR) is 93.2 cm³/mol. The van der Waals surface area contributed by atoms with E-state index in [1.165, 1.54) is 42.3 Å². The van der Waals surface area contributed by atoms with Gasteiger partial charge in [0.1, 0.15) is 11.6 Å². The monoisotopic (exact) mass is 328 g/mol. The Bertz CT molecular complexity index is 312. The fraction of sp³-hybridized carbons (Fsp3) is 0.882. The van der Waals surface area contributed by atoms with Gasteiger partial charge in [0, 0.05) is 25.7 Å². The maximum absolute atomic E-state index is 11.4. The summed E-state index contributed by atoms with van der Waals surface area (Å²) in [5, 5.41) is 0. The predicted octanol–water partition coefficient (Wildman–Crippen LogP) is 4.36. The maximum atomic E-state index is 11.4. The van der Waals surface area contributed by atoms with Crippen molar-refractivity contribution in [2.24, 2.45) is 11.8 Å². The fourth-order valence-corrected chi connectivity index (χ4v) is 5.72. The van der Waals surface area contributed by atoms with Gasteiger partial charge < -0.3 is 0 Å². The first-order valence-corrected chi connectivity index (χ1v) is 10.7. The topological polar surface area (TPSA) is 34.1 Å². The van der Waals surface area contributed by atoms with Crippen LogP contribution in [0.5, 0.6) is 0 Å². The molecule has 0 spiro atoms. The Hall–Kier alpha value is 0.0400. The molecule has 2 fully saturated rings. The molecule has 0 aromatic rings. The molecule has 2 saturated carbocycles. The van der Waals surface area contributed by atoms with Gasteiger partial charge in [-0.3, -0.25) is 9.59 Å². The highest BCUT2D eigenvalue weighted by molar-refractivity contribution is 8.00. The maximum Gasteiger partial charge on any atom is 0.133 e. The van der Waals surface area contributed by atoms with Crippen molar-refractivity contribution in [1.29, 1.82) is 0 Å². The standard InChI is InChI=1S/C17H28O2S2/c18-16-6-1-4-14(10-16)12-20-8-3-9-21-13-15-5-2-7-17(19)11-15/h14-15H,1-13H2. The van der Waals surface area contributed by atoms with Gasteiger partial charge in [-0.2, -0.15) is 23.5 Å². The molecule has 2 aliphatic rings. The van der Waals surface area contributed by atoms with Crippen molar-refractivity contribution in [2.45, 2.75) is 57.8 Å². The molecule has 0 amide bonds. The SMILES string of the molecule is O=C1CCCC(CSCCCSCC2CCCC(=O)C2)C1. The van der Waals surface area contributed by atoms with Gasteiger partial charge in [0.2, 0.25) is 0 Å². The van der Waals surface area contributed by atoms with Crippen LogP contribution in [0.25, 0.3) is 0 Å². The van der Waals surface area contributed by atoms with Crippen molar-refractivity contribution in [2.75, 3.05) is 23.0 Å². The first-order valence-electron chi connectivity index (χ1n) is 8.43. The van der Waals surface area contributed by atoms with E-state index in [4.69, 9.17) is 0 Å². The van der Waals surface area contributed by atoms with E-state index in [1.807, 2.05) is 23.5 Å². The second-order valence-electron chi connectivity index (χ2n) is 6.51. The lowest BCUT2D eigenvalue weighted by Crippen LogP contribution is -2.17. The van der Waals surface area contributed by atoms with Crippen LogP contribution in [-0.4, -0.2) is 34.6 Å². The molecule has 2 aliphatic carbocycles. The van der Waals surface area contributed by atoms with Crippen LogP contribution in [0.1, 0.15) is 57.8 Å². The number of ketones is 2. The van der Waals surface area contributed by atoms with Gasteiger partial charge in [0.15, 0.2) is 0 Å². The minimum Gasteiger partial charge on any atom is -0.300 e. The highest BCUT2D eigenvalue weighted by Crippen LogP contribution is 2.27. The molecule has 0 saturated heterocycles. The number of hydrogen-bond donors (Lipinski definition) is 0. The Kier molecular flexibility index (Phi) is 8.23. The molecule has 2 unspecified atom stereocenters. The van der Waals surface area contributed by atoms with Gasteiger partial charge in [-0.25, -0.2) is 0 Å². The molecular weight excluding hydrogens is 300 g/mol. The zero-order valence-electron chi connectivity index (χ0n) is 13.0. The second kappa shape index (κ2) is 9.94. The molecule has 21 heavy (non-hydrogen) atoms. The van der Waals surface area contributed by atoms with E-state index in [2.05, 4.69) is 0 Å². The van der Waals surface area contributed by atoms with Gasteiger partial charge in [0.25, 0.3) is 0 Å². The van der Waals surface area contributed by atoms with Crippen LogP contribution in [-0.2, 0) is 9.59 Å². The number of rotatable bonds is 8. The highest BCUT2D eigenvalue weighted by atomic mass is 32.2. The van der Waals surface area contributed by atoms with Gasteiger partial charge in [-0.05, 0) is 67.0 Å². The number of Topliss-reactive ketones (excluding diaryl/α,β-unsaturated/α-hetero) is 2. The largest absolute Gasteiger partial charge is 0.300 e. The smallest absolute Gasteiger partial charge is 0.133 e. The van der Waals surface area contributed by atoms with E-state index in [0.29, 0.717) is 23.4 Å². The van der Waals surface area contributed by atoms with Crippen LogP contribution in [0.15, 0.2) is 0 Å². The summed E-state index contributed by atoms with van der Waals surface area (Å²) >= 11 is 4.06. The number of hydrogen-bond acceptors (Lipinski definition) is 4. The van der Waals surface area contributed by atoms with Gasteiger partial charge in [-0.15, -0.1) is 0 Å². The molecule has 0 radical (unpaired) electrons. The summed E-state index contributed by atoms with van der Waals surface area (Å²) in [5.74, 6) is 7.05. The van der Waals surface area contributed by atoms with Crippen molar-refractivity contribution in [3.8, 4) is 0 Å². The first-order chi connectivity index (χ1) is 10.2. The van der Waals surface area contributed by atoms with Gasteiger partial charge in [0.05, 0.1) is 0 Å². The van der Waals surface area contributed by atoms with Crippen LogP contribution < -0.4 is 0 Å². The third-order valence-electron chi connectivity index (χ3n) is 4.45. The van der Waals surface area contributed by atoms with E-state index in [1.54, 1.807) is 0 Å². The zero-order chi connectivity index (χ0) is 14.9. The molecule has 120 valence electrons. The van der Waals surface area contributed by atoms with Crippen LogP contribution in [0.4, 0.5) is 0 Å². The Morgan fingerprint density at radius 3 is 1.71 bits per heavy atom. The quantitative estimate of drug-likeness (QED) is 0.620. The minimum absolute atomic E-state index is 0.476. The molecule has 0 heterocycles.